The van der Waals surface area contributed by atoms with Gasteiger partial charge in [-0.25, -0.2) is 0 Å². The van der Waals surface area contributed by atoms with Gasteiger partial charge in [-0.1, -0.05) is 12.1 Å². The van der Waals surface area contributed by atoms with Gasteiger partial charge in [0.15, 0.2) is 11.5 Å². The number of thioether (sulfide) groups is 1. The summed E-state index contributed by atoms with van der Waals surface area (Å²) >= 11 is 2.05. The van der Waals surface area contributed by atoms with E-state index in [1.807, 2.05) is 6.08 Å². The first-order valence-corrected chi connectivity index (χ1v) is 8.59. The maximum Gasteiger partial charge on any atom is 0.164 e. The lowest BCUT2D eigenvalue weighted by molar-refractivity contribution is 0.351. The van der Waals surface area contributed by atoms with Crippen molar-refractivity contribution in [1.82, 2.24) is 5.32 Å². The summed E-state index contributed by atoms with van der Waals surface area (Å²) in [7, 11) is 3.37. The van der Waals surface area contributed by atoms with Crippen LogP contribution in [0.5, 0.6) is 11.5 Å². The second-order valence-corrected chi connectivity index (χ2v) is 6.48. The normalized spacial score (nSPS) is 15.7. The first-order valence-electron chi connectivity index (χ1n) is 7.44. The molecule has 0 bridgehead atoms. The second-order valence-electron chi connectivity index (χ2n) is 5.25. The Bertz CT molecular complexity index is 470. The second kappa shape index (κ2) is 8.35. The number of rotatable bonds is 7. The maximum absolute atomic E-state index is 5.47. The van der Waals surface area contributed by atoms with Crippen LogP contribution < -0.4 is 14.8 Å². The molecule has 2 rings (SSSR count). The average molecular weight is 307 g/mol. The molecule has 116 valence electrons. The monoisotopic (exact) mass is 307 g/mol. The highest BCUT2D eigenvalue weighted by Gasteiger charge is 2.15. The van der Waals surface area contributed by atoms with Crippen LogP contribution in [0.15, 0.2) is 24.8 Å². The van der Waals surface area contributed by atoms with Gasteiger partial charge < -0.3 is 14.8 Å². The molecule has 1 N–H and O–H groups in total. The Balaban J connectivity index is 2.10. The first-order chi connectivity index (χ1) is 10.3. The quantitative estimate of drug-likeness (QED) is 0.782. The van der Waals surface area contributed by atoms with Gasteiger partial charge >= 0.3 is 0 Å². The zero-order chi connectivity index (χ0) is 15.1. The smallest absolute Gasteiger partial charge is 0.164 e. The molecule has 0 unspecified atom stereocenters. The molecule has 1 aromatic carbocycles. The number of benzene rings is 1. The van der Waals surface area contributed by atoms with Gasteiger partial charge in [0.2, 0.25) is 0 Å². The molecule has 1 aromatic rings. The van der Waals surface area contributed by atoms with Gasteiger partial charge in [-0.2, -0.15) is 11.8 Å². The summed E-state index contributed by atoms with van der Waals surface area (Å²) < 4.78 is 10.9. The van der Waals surface area contributed by atoms with Gasteiger partial charge in [-0.05, 0) is 42.4 Å². The summed E-state index contributed by atoms with van der Waals surface area (Å²) in [6, 6.07) is 4.89. The van der Waals surface area contributed by atoms with E-state index in [1.54, 1.807) is 14.2 Å². The first kappa shape index (κ1) is 16.2. The summed E-state index contributed by atoms with van der Waals surface area (Å²) in [5.74, 6) is 4.15. The largest absolute Gasteiger partial charge is 0.493 e. The predicted molar refractivity (Wildman–Crippen MR) is 90.6 cm³/mol. The molecule has 0 aromatic heterocycles. The van der Waals surface area contributed by atoms with Crippen LogP contribution in [0, 0.1) is 0 Å². The zero-order valence-corrected chi connectivity index (χ0v) is 13.8. The van der Waals surface area contributed by atoms with Crippen molar-refractivity contribution in [1.29, 1.82) is 0 Å². The Morgan fingerprint density at radius 1 is 1.29 bits per heavy atom. The SMILES string of the molecule is C=CCc1cc(CNC2CCSCC2)cc(OC)c1OC. The summed E-state index contributed by atoms with van der Waals surface area (Å²) in [6.45, 7) is 4.70. The molecule has 1 heterocycles. The predicted octanol–water partition coefficient (Wildman–Crippen LogP) is 3.42. The molecule has 0 saturated carbocycles. The van der Waals surface area contributed by atoms with E-state index in [0.717, 1.165) is 30.0 Å². The topological polar surface area (TPSA) is 30.5 Å². The average Bonchev–Trinajstić information content (AvgIpc) is 2.53. The van der Waals surface area contributed by atoms with Crippen LogP contribution in [0.2, 0.25) is 0 Å². The van der Waals surface area contributed by atoms with E-state index < -0.39 is 0 Å². The molecule has 0 amide bonds. The Morgan fingerprint density at radius 2 is 2.05 bits per heavy atom. The van der Waals surface area contributed by atoms with E-state index >= 15 is 0 Å². The van der Waals surface area contributed by atoms with Crippen molar-refractivity contribution in [2.45, 2.75) is 31.8 Å². The van der Waals surface area contributed by atoms with Crippen molar-refractivity contribution >= 4 is 11.8 Å². The van der Waals surface area contributed by atoms with Crippen molar-refractivity contribution in [3.05, 3.63) is 35.9 Å². The fraction of sp³-hybridized carbons (Fsp3) is 0.529. The minimum Gasteiger partial charge on any atom is -0.493 e. The Morgan fingerprint density at radius 3 is 2.67 bits per heavy atom. The lowest BCUT2D eigenvalue weighted by atomic mass is 10.0. The van der Waals surface area contributed by atoms with E-state index in [-0.39, 0.29) is 0 Å². The van der Waals surface area contributed by atoms with Crippen molar-refractivity contribution in [3.63, 3.8) is 0 Å². The standard InChI is InChI=1S/C17H25NO2S/c1-4-5-14-10-13(11-16(19-2)17(14)20-3)12-18-15-6-8-21-9-7-15/h4,10-11,15,18H,1,5-9,12H2,2-3H3. The van der Waals surface area contributed by atoms with Crippen LogP contribution in [0.25, 0.3) is 0 Å². The molecule has 21 heavy (non-hydrogen) atoms. The molecule has 0 spiro atoms. The van der Waals surface area contributed by atoms with Gasteiger partial charge in [0.25, 0.3) is 0 Å². The summed E-state index contributed by atoms with van der Waals surface area (Å²) in [4.78, 5) is 0. The minimum absolute atomic E-state index is 0.641. The number of hydrogen-bond acceptors (Lipinski definition) is 4. The molecule has 1 aliphatic heterocycles. The molecular formula is C17H25NO2S. The highest BCUT2D eigenvalue weighted by molar-refractivity contribution is 7.99. The van der Waals surface area contributed by atoms with Crippen molar-refractivity contribution < 1.29 is 9.47 Å². The summed E-state index contributed by atoms with van der Waals surface area (Å²) in [5, 5.41) is 3.66. The van der Waals surface area contributed by atoms with Crippen molar-refractivity contribution in [2.75, 3.05) is 25.7 Å². The van der Waals surface area contributed by atoms with E-state index in [4.69, 9.17) is 9.47 Å². The maximum atomic E-state index is 5.47. The number of ether oxygens (including phenoxy) is 2. The lowest BCUT2D eigenvalue weighted by Crippen LogP contribution is -2.32. The molecule has 0 radical (unpaired) electrons. The molecule has 1 aliphatic rings. The molecular weight excluding hydrogens is 282 g/mol. The van der Waals surface area contributed by atoms with E-state index in [2.05, 4.69) is 35.8 Å². The number of methoxy groups -OCH3 is 2. The number of allylic oxidation sites excluding steroid dienone is 1. The number of nitrogens with one attached hydrogen (secondary N) is 1. The molecule has 0 atom stereocenters. The third-order valence-corrected chi connectivity index (χ3v) is 4.84. The third kappa shape index (κ3) is 4.42. The molecule has 3 nitrogen and oxygen atoms in total. The Hall–Kier alpha value is -1.13. The van der Waals surface area contributed by atoms with Crippen molar-refractivity contribution in [3.8, 4) is 11.5 Å². The summed E-state index contributed by atoms with van der Waals surface area (Å²) in [6.07, 6.45) is 5.20. The fourth-order valence-electron chi connectivity index (χ4n) is 2.68. The van der Waals surface area contributed by atoms with E-state index in [0.29, 0.717) is 6.04 Å². The third-order valence-electron chi connectivity index (χ3n) is 3.80. The molecule has 4 heteroatoms. The molecule has 1 saturated heterocycles. The molecule has 0 aliphatic carbocycles. The summed E-state index contributed by atoms with van der Waals surface area (Å²) in [5.41, 5.74) is 2.37. The van der Waals surface area contributed by atoms with Crippen molar-refractivity contribution in [2.24, 2.45) is 0 Å². The van der Waals surface area contributed by atoms with Crippen LogP contribution >= 0.6 is 11.8 Å². The van der Waals surface area contributed by atoms with Crippen LogP contribution in [0.4, 0.5) is 0 Å². The van der Waals surface area contributed by atoms with E-state index in [1.165, 1.54) is 29.9 Å². The number of hydrogen-bond donors (Lipinski definition) is 1. The van der Waals surface area contributed by atoms with Gasteiger partial charge in [0.1, 0.15) is 0 Å². The lowest BCUT2D eigenvalue weighted by Gasteiger charge is -2.23. The highest BCUT2D eigenvalue weighted by Crippen LogP contribution is 2.33. The van der Waals surface area contributed by atoms with Gasteiger partial charge in [-0.15, -0.1) is 6.58 Å². The molecule has 1 fully saturated rings. The Labute approximate surface area is 132 Å². The van der Waals surface area contributed by atoms with Gasteiger partial charge in [0.05, 0.1) is 14.2 Å². The van der Waals surface area contributed by atoms with Crippen LogP contribution in [0.3, 0.4) is 0 Å². The fourth-order valence-corrected chi connectivity index (χ4v) is 3.79. The Kier molecular flexibility index (Phi) is 6.46. The zero-order valence-electron chi connectivity index (χ0n) is 13.0. The van der Waals surface area contributed by atoms with Gasteiger partial charge in [0, 0.05) is 18.2 Å². The highest BCUT2D eigenvalue weighted by atomic mass is 32.2. The van der Waals surface area contributed by atoms with Crippen LogP contribution in [-0.2, 0) is 13.0 Å². The van der Waals surface area contributed by atoms with Gasteiger partial charge in [-0.3, -0.25) is 0 Å². The minimum atomic E-state index is 0.641. The van der Waals surface area contributed by atoms with Crippen LogP contribution in [-0.4, -0.2) is 31.8 Å². The van der Waals surface area contributed by atoms with E-state index in [9.17, 15) is 0 Å². The van der Waals surface area contributed by atoms with Crippen LogP contribution in [0.1, 0.15) is 24.0 Å².